The van der Waals surface area contributed by atoms with Gasteiger partial charge in [-0.25, -0.2) is 0 Å². The Labute approximate surface area is 88.1 Å². The van der Waals surface area contributed by atoms with Crippen LogP contribution in [0.25, 0.3) is 0 Å². The van der Waals surface area contributed by atoms with Crippen LogP contribution < -0.4 is 0 Å². The van der Waals surface area contributed by atoms with Crippen LogP contribution in [-0.4, -0.2) is 11.1 Å². The topological polar surface area (TPSA) is 50.4 Å². The average molecular weight is 206 g/mol. The lowest BCUT2D eigenvalue weighted by molar-refractivity contribution is -0.143. The summed E-state index contributed by atoms with van der Waals surface area (Å²) in [6.07, 6.45) is 5.45. The molecule has 3 heteroatoms. The van der Waals surface area contributed by atoms with Gasteiger partial charge in [-0.3, -0.25) is 4.79 Å². The highest BCUT2D eigenvalue weighted by atomic mass is 16.4. The zero-order valence-corrected chi connectivity index (χ0v) is 8.75. The second-order valence-corrected chi connectivity index (χ2v) is 4.78. The average Bonchev–Trinajstić information content (AvgIpc) is 2.85. The number of furan rings is 1. The van der Waals surface area contributed by atoms with Gasteiger partial charge in [0.15, 0.2) is 0 Å². The third kappa shape index (κ3) is 1.03. The number of aliphatic carboxylic acids is 1. The maximum Gasteiger partial charge on any atom is 0.307 e. The largest absolute Gasteiger partial charge is 0.481 e. The molecule has 0 radical (unpaired) electrons. The molecule has 2 aliphatic rings. The van der Waals surface area contributed by atoms with Gasteiger partial charge < -0.3 is 9.52 Å². The van der Waals surface area contributed by atoms with E-state index in [2.05, 4.69) is 0 Å². The summed E-state index contributed by atoms with van der Waals surface area (Å²) in [5.41, 5.74) is 2.37. The maximum atomic E-state index is 11.2. The number of hydrogen-bond acceptors (Lipinski definition) is 2. The van der Waals surface area contributed by atoms with Crippen molar-refractivity contribution in [2.24, 2.45) is 5.92 Å². The van der Waals surface area contributed by atoms with Crippen LogP contribution in [0.5, 0.6) is 0 Å². The maximum absolute atomic E-state index is 11.2. The summed E-state index contributed by atoms with van der Waals surface area (Å²) in [7, 11) is 0. The van der Waals surface area contributed by atoms with Crippen molar-refractivity contribution in [3.8, 4) is 0 Å². The van der Waals surface area contributed by atoms with Crippen molar-refractivity contribution in [1.82, 2.24) is 0 Å². The molecule has 0 bridgehead atoms. The van der Waals surface area contributed by atoms with Gasteiger partial charge in [0.1, 0.15) is 5.76 Å². The number of hydrogen-bond donors (Lipinski definition) is 1. The van der Waals surface area contributed by atoms with Gasteiger partial charge in [-0.1, -0.05) is 0 Å². The van der Waals surface area contributed by atoms with Gasteiger partial charge in [-0.15, -0.1) is 0 Å². The Hall–Kier alpha value is -1.25. The van der Waals surface area contributed by atoms with E-state index in [1.165, 1.54) is 11.1 Å². The number of fused-ring (bicyclic) bond motifs is 2. The van der Waals surface area contributed by atoms with E-state index in [0.29, 0.717) is 0 Å². The van der Waals surface area contributed by atoms with Gasteiger partial charge >= 0.3 is 5.97 Å². The summed E-state index contributed by atoms with van der Waals surface area (Å²) in [4.78, 5) is 11.2. The predicted molar refractivity (Wildman–Crippen MR) is 53.8 cm³/mol. The van der Waals surface area contributed by atoms with Crippen LogP contribution >= 0.6 is 0 Å². The van der Waals surface area contributed by atoms with E-state index < -0.39 is 5.97 Å². The Balaban J connectivity index is 2.12. The lowest BCUT2D eigenvalue weighted by atomic mass is 9.73. The smallest absolute Gasteiger partial charge is 0.307 e. The number of carbonyl (C=O) groups is 1. The minimum Gasteiger partial charge on any atom is -0.481 e. The molecular weight excluding hydrogens is 192 g/mol. The Kier molecular flexibility index (Phi) is 1.59. The van der Waals surface area contributed by atoms with Crippen LogP contribution in [-0.2, 0) is 16.6 Å². The molecule has 1 aromatic heterocycles. The highest BCUT2D eigenvalue weighted by Crippen LogP contribution is 2.59. The molecule has 0 aromatic carbocycles. The van der Waals surface area contributed by atoms with Crippen molar-refractivity contribution in [3.63, 3.8) is 0 Å². The summed E-state index contributed by atoms with van der Waals surface area (Å²) in [6, 6.07) is 0. The van der Waals surface area contributed by atoms with Gasteiger partial charge in [0.05, 0.1) is 12.2 Å². The lowest BCUT2D eigenvalue weighted by Gasteiger charge is -2.29. The summed E-state index contributed by atoms with van der Waals surface area (Å²) in [6.45, 7) is 1.95. The van der Waals surface area contributed by atoms with Crippen LogP contribution in [0.1, 0.15) is 36.1 Å². The minimum atomic E-state index is -0.640. The Morgan fingerprint density at radius 2 is 2.33 bits per heavy atom. The lowest BCUT2D eigenvalue weighted by Crippen LogP contribution is -2.33. The van der Waals surface area contributed by atoms with Gasteiger partial charge in [-0.05, 0) is 38.2 Å². The van der Waals surface area contributed by atoms with E-state index in [-0.39, 0.29) is 11.3 Å². The van der Waals surface area contributed by atoms with Crippen molar-refractivity contribution in [2.45, 2.75) is 38.0 Å². The number of aryl methyl sites for hydroxylation is 2. The number of carboxylic acid groups (broad SMARTS) is 1. The van der Waals surface area contributed by atoms with Gasteiger partial charge in [0, 0.05) is 11.0 Å². The minimum absolute atomic E-state index is 0.0729. The molecule has 1 saturated carbocycles. The Morgan fingerprint density at radius 1 is 1.60 bits per heavy atom. The van der Waals surface area contributed by atoms with E-state index >= 15 is 0 Å². The van der Waals surface area contributed by atoms with Crippen molar-refractivity contribution < 1.29 is 14.3 Å². The predicted octanol–water partition coefficient (Wildman–Crippen LogP) is 2.27. The van der Waals surface area contributed by atoms with Crippen LogP contribution in [0.2, 0.25) is 0 Å². The van der Waals surface area contributed by atoms with Crippen molar-refractivity contribution in [1.29, 1.82) is 0 Å². The molecule has 80 valence electrons. The summed E-state index contributed by atoms with van der Waals surface area (Å²) >= 11 is 0. The normalized spacial score (nSPS) is 26.3. The molecule has 1 unspecified atom stereocenters. The standard InChI is InChI=1S/C12H14O3/c1-7-10-8(6-15-7)2-3-9(11(13)14)12(10)4-5-12/h6,9H,2-5H2,1H3,(H,13,14). The summed E-state index contributed by atoms with van der Waals surface area (Å²) in [5.74, 6) is 0.0912. The molecule has 3 nitrogen and oxygen atoms in total. The first-order valence-corrected chi connectivity index (χ1v) is 5.45. The molecule has 0 aliphatic heterocycles. The highest BCUT2D eigenvalue weighted by molar-refractivity contribution is 5.74. The molecular formula is C12H14O3. The Morgan fingerprint density at radius 3 is 2.93 bits per heavy atom. The zero-order valence-electron chi connectivity index (χ0n) is 8.75. The summed E-state index contributed by atoms with van der Waals surface area (Å²) in [5, 5.41) is 9.24. The molecule has 15 heavy (non-hydrogen) atoms. The first kappa shape index (κ1) is 9.01. The zero-order chi connectivity index (χ0) is 10.6. The quantitative estimate of drug-likeness (QED) is 0.766. The van der Waals surface area contributed by atoms with E-state index in [4.69, 9.17) is 4.42 Å². The fourth-order valence-corrected chi connectivity index (χ4v) is 3.20. The fraction of sp³-hybridized carbons (Fsp3) is 0.583. The van der Waals surface area contributed by atoms with Crippen molar-refractivity contribution in [2.75, 3.05) is 0 Å². The van der Waals surface area contributed by atoms with E-state index in [1.807, 2.05) is 13.2 Å². The fourth-order valence-electron chi connectivity index (χ4n) is 3.20. The van der Waals surface area contributed by atoms with Crippen LogP contribution in [0.15, 0.2) is 10.7 Å². The third-order valence-electron chi connectivity index (χ3n) is 4.01. The SMILES string of the molecule is Cc1occ2c1C1(CC1)C(C(=O)O)CC2. The van der Waals surface area contributed by atoms with Gasteiger partial charge in [-0.2, -0.15) is 0 Å². The molecule has 3 rings (SSSR count). The third-order valence-corrected chi connectivity index (χ3v) is 4.01. The molecule has 1 aromatic rings. The first-order valence-electron chi connectivity index (χ1n) is 5.45. The molecule has 1 fully saturated rings. The highest BCUT2D eigenvalue weighted by Gasteiger charge is 2.57. The first-order chi connectivity index (χ1) is 7.15. The molecule has 1 atom stereocenters. The molecule has 1 spiro atoms. The molecule has 1 N–H and O–H groups in total. The second kappa shape index (κ2) is 2.65. The molecule has 0 amide bonds. The van der Waals surface area contributed by atoms with Crippen LogP contribution in [0.4, 0.5) is 0 Å². The molecule has 2 aliphatic carbocycles. The van der Waals surface area contributed by atoms with Gasteiger partial charge in [0.2, 0.25) is 0 Å². The molecule has 0 saturated heterocycles. The Bertz CT molecular complexity index is 426. The van der Waals surface area contributed by atoms with Gasteiger partial charge in [0.25, 0.3) is 0 Å². The van der Waals surface area contributed by atoms with E-state index in [0.717, 1.165) is 31.4 Å². The van der Waals surface area contributed by atoms with Crippen LogP contribution in [0, 0.1) is 12.8 Å². The monoisotopic (exact) mass is 206 g/mol. The number of rotatable bonds is 1. The van der Waals surface area contributed by atoms with E-state index in [9.17, 15) is 9.90 Å². The summed E-state index contributed by atoms with van der Waals surface area (Å²) < 4.78 is 5.43. The van der Waals surface area contributed by atoms with E-state index in [1.54, 1.807) is 0 Å². The second-order valence-electron chi connectivity index (χ2n) is 4.78. The molecule has 1 heterocycles. The van der Waals surface area contributed by atoms with Crippen molar-refractivity contribution >= 4 is 5.97 Å². The van der Waals surface area contributed by atoms with Crippen LogP contribution in [0.3, 0.4) is 0 Å². The van der Waals surface area contributed by atoms with Crippen molar-refractivity contribution in [3.05, 3.63) is 23.2 Å². The number of carboxylic acids is 1.